The summed E-state index contributed by atoms with van der Waals surface area (Å²) in [5.41, 5.74) is 5.46. The average molecular weight is 577 g/mol. The first-order valence-corrected chi connectivity index (χ1v) is 14.4. The molecule has 4 rings (SSSR count). The lowest BCUT2D eigenvalue weighted by Gasteiger charge is -2.17. The van der Waals surface area contributed by atoms with Gasteiger partial charge in [-0.3, -0.25) is 0 Å². The number of Topliss-reactive ketones (excluding diaryl/α,β-unsaturated/α-hetero) is 1. The maximum Gasteiger partial charge on any atom is 0.130 e. The third-order valence-electron chi connectivity index (χ3n) is 5.52. The molecule has 0 aliphatic heterocycles. The van der Waals surface area contributed by atoms with E-state index in [1.807, 2.05) is 72.0 Å². The smallest absolute Gasteiger partial charge is 0.130 e. The zero-order chi connectivity index (χ0) is 31.4. The molecule has 0 saturated carbocycles. The highest BCUT2D eigenvalue weighted by Crippen LogP contribution is 2.21. The molecule has 0 spiro atoms. The standard InChI is InChI=1S/C13H17N3.C12H15N3.C7H14O.C2H6.CH4/c1-10-6-5-7-11(8-10)12-9-16(15-14-12)13(2,3)4;1-12(2,3)15-9-11(13-14-15)10-7-5-4-6-8-10;1-6(8)5-7(2,3)4;1-2;/h5-9H,1-4H3;4-9H,1-3H3;5H2,1-4H3;1-2H3;1H4. The fourth-order valence-electron chi connectivity index (χ4n) is 3.61. The van der Waals surface area contributed by atoms with Gasteiger partial charge in [-0.25, -0.2) is 9.36 Å². The van der Waals surface area contributed by atoms with Crippen molar-refractivity contribution in [2.24, 2.45) is 5.41 Å². The molecule has 7 nitrogen and oxygen atoms in total. The second kappa shape index (κ2) is 16.7. The fraction of sp³-hybridized carbons (Fsp3) is 0.514. The number of carbonyl (C=O) groups is 1. The molecule has 2 heterocycles. The van der Waals surface area contributed by atoms with Gasteiger partial charge >= 0.3 is 0 Å². The molecular formula is C35H56N6O. The zero-order valence-corrected chi connectivity index (χ0v) is 27.6. The van der Waals surface area contributed by atoms with Gasteiger partial charge < -0.3 is 4.79 Å². The Labute approximate surface area is 255 Å². The summed E-state index contributed by atoms with van der Waals surface area (Å²) < 4.78 is 3.78. The molecule has 232 valence electrons. The molecule has 4 aromatic rings. The van der Waals surface area contributed by atoms with Crippen LogP contribution in [0.25, 0.3) is 22.5 Å². The third-order valence-corrected chi connectivity index (χ3v) is 5.52. The maximum absolute atomic E-state index is 10.5. The number of aryl methyl sites for hydroxylation is 1. The van der Waals surface area contributed by atoms with Crippen molar-refractivity contribution in [1.82, 2.24) is 30.0 Å². The molecule has 42 heavy (non-hydrogen) atoms. The van der Waals surface area contributed by atoms with Gasteiger partial charge in [0.25, 0.3) is 0 Å². The number of hydrogen-bond donors (Lipinski definition) is 0. The predicted octanol–water partition coefficient (Wildman–Crippen LogP) is 9.38. The van der Waals surface area contributed by atoms with E-state index in [9.17, 15) is 4.79 Å². The normalized spacial score (nSPS) is 11.0. The number of ketones is 1. The van der Waals surface area contributed by atoms with Crippen LogP contribution in [0.1, 0.15) is 102 Å². The third kappa shape index (κ3) is 13.8. The van der Waals surface area contributed by atoms with Gasteiger partial charge in [-0.1, -0.05) is 107 Å². The van der Waals surface area contributed by atoms with E-state index in [-0.39, 0.29) is 29.7 Å². The highest BCUT2D eigenvalue weighted by Gasteiger charge is 2.16. The number of benzene rings is 2. The Morgan fingerprint density at radius 2 is 1.12 bits per heavy atom. The van der Waals surface area contributed by atoms with E-state index in [1.165, 1.54) is 5.56 Å². The van der Waals surface area contributed by atoms with Crippen molar-refractivity contribution in [2.45, 2.75) is 115 Å². The topological polar surface area (TPSA) is 78.5 Å². The van der Waals surface area contributed by atoms with Gasteiger partial charge in [0, 0.05) is 17.5 Å². The van der Waals surface area contributed by atoms with Crippen LogP contribution in [0.3, 0.4) is 0 Å². The number of aromatic nitrogens is 6. The Morgan fingerprint density at radius 3 is 1.45 bits per heavy atom. The van der Waals surface area contributed by atoms with Crippen LogP contribution in [0.5, 0.6) is 0 Å². The summed E-state index contributed by atoms with van der Waals surface area (Å²) in [5.74, 6) is 0.275. The predicted molar refractivity (Wildman–Crippen MR) is 178 cm³/mol. The summed E-state index contributed by atoms with van der Waals surface area (Å²) in [7, 11) is 0. The Bertz CT molecular complexity index is 1320. The number of nitrogens with zero attached hydrogens (tertiary/aromatic N) is 6. The average Bonchev–Trinajstić information content (AvgIpc) is 3.56. The van der Waals surface area contributed by atoms with Crippen molar-refractivity contribution in [3.63, 3.8) is 0 Å². The summed E-state index contributed by atoms with van der Waals surface area (Å²) in [4.78, 5) is 10.5. The van der Waals surface area contributed by atoms with Crippen LogP contribution in [0.2, 0.25) is 0 Å². The van der Waals surface area contributed by atoms with E-state index in [4.69, 9.17) is 0 Å². The molecular weight excluding hydrogens is 520 g/mol. The number of hydrogen-bond acceptors (Lipinski definition) is 5. The van der Waals surface area contributed by atoms with Crippen molar-refractivity contribution in [1.29, 1.82) is 0 Å². The van der Waals surface area contributed by atoms with E-state index in [2.05, 4.69) is 108 Å². The monoisotopic (exact) mass is 576 g/mol. The first-order chi connectivity index (χ1) is 19.0. The summed E-state index contributed by atoms with van der Waals surface area (Å²) in [5, 5.41) is 16.7. The zero-order valence-electron chi connectivity index (χ0n) is 27.6. The van der Waals surface area contributed by atoms with Crippen LogP contribution in [-0.4, -0.2) is 35.8 Å². The minimum Gasteiger partial charge on any atom is -0.300 e. The Balaban J connectivity index is 0.000000606. The molecule has 2 aromatic carbocycles. The van der Waals surface area contributed by atoms with Crippen molar-refractivity contribution in [2.75, 3.05) is 0 Å². The van der Waals surface area contributed by atoms with Gasteiger partial charge in [-0.15, -0.1) is 10.2 Å². The molecule has 0 bridgehead atoms. The fourth-order valence-corrected chi connectivity index (χ4v) is 3.61. The summed E-state index contributed by atoms with van der Waals surface area (Å²) >= 11 is 0. The molecule has 0 atom stereocenters. The van der Waals surface area contributed by atoms with Crippen molar-refractivity contribution in [3.8, 4) is 22.5 Å². The first-order valence-electron chi connectivity index (χ1n) is 14.4. The van der Waals surface area contributed by atoms with Gasteiger partial charge in [0.05, 0.1) is 23.5 Å². The molecule has 0 unspecified atom stereocenters. The Hall–Kier alpha value is -3.61. The van der Waals surface area contributed by atoms with E-state index in [0.29, 0.717) is 6.42 Å². The first kappa shape index (κ1) is 38.4. The van der Waals surface area contributed by atoms with E-state index >= 15 is 0 Å². The van der Waals surface area contributed by atoms with Crippen LogP contribution in [-0.2, 0) is 15.9 Å². The van der Waals surface area contributed by atoms with E-state index in [0.717, 1.165) is 22.5 Å². The second-order valence-corrected chi connectivity index (χ2v) is 13.1. The van der Waals surface area contributed by atoms with Crippen molar-refractivity contribution < 1.29 is 4.79 Å². The minimum absolute atomic E-state index is 0. The SMILES string of the molecule is C.CC.CC(=O)CC(C)(C)C.CC(C)(C)n1cc(-c2ccccc2)nn1.Cc1cccc(-c2cn(C(C)(C)C)nn2)c1. The molecule has 0 fully saturated rings. The van der Waals surface area contributed by atoms with Crippen molar-refractivity contribution >= 4 is 5.78 Å². The molecule has 0 saturated heterocycles. The molecule has 0 radical (unpaired) electrons. The lowest BCUT2D eigenvalue weighted by Crippen LogP contribution is -2.22. The summed E-state index contributed by atoms with van der Waals surface area (Å²) in [6.45, 7) is 26.6. The van der Waals surface area contributed by atoms with Gasteiger partial charge in [0.1, 0.15) is 17.2 Å². The van der Waals surface area contributed by atoms with Gasteiger partial charge in [-0.05, 0) is 66.9 Å². The lowest BCUT2D eigenvalue weighted by atomic mass is 9.91. The lowest BCUT2D eigenvalue weighted by molar-refractivity contribution is -0.118. The molecule has 0 amide bonds. The summed E-state index contributed by atoms with van der Waals surface area (Å²) in [6, 6.07) is 18.4. The summed E-state index contributed by atoms with van der Waals surface area (Å²) in [6.07, 6.45) is 4.66. The highest BCUT2D eigenvalue weighted by atomic mass is 16.1. The Morgan fingerprint density at radius 1 is 0.690 bits per heavy atom. The largest absolute Gasteiger partial charge is 0.300 e. The molecule has 2 aromatic heterocycles. The molecule has 7 heteroatoms. The van der Waals surface area contributed by atoms with E-state index < -0.39 is 0 Å². The molecule has 0 aliphatic rings. The molecule has 0 aliphatic carbocycles. The van der Waals surface area contributed by atoms with Crippen LogP contribution < -0.4 is 0 Å². The molecule has 0 N–H and O–H groups in total. The minimum atomic E-state index is -0.0188. The van der Waals surface area contributed by atoms with Crippen LogP contribution >= 0.6 is 0 Å². The second-order valence-electron chi connectivity index (χ2n) is 13.1. The quantitative estimate of drug-likeness (QED) is 0.243. The van der Waals surface area contributed by atoms with E-state index in [1.54, 1.807) is 6.92 Å². The number of carbonyl (C=O) groups excluding carboxylic acids is 1. The van der Waals surface area contributed by atoms with Crippen molar-refractivity contribution in [3.05, 3.63) is 72.6 Å². The number of rotatable bonds is 3. The van der Waals surface area contributed by atoms with Gasteiger partial charge in [0.2, 0.25) is 0 Å². The maximum atomic E-state index is 10.5. The van der Waals surface area contributed by atoms with Crippen LogP contribution in [0.15, 0.2) is 67.0 Å². The van der Waals surface area contributed by atoms with Gasteiger partial charge in [-0.2, -0.15) is 0 Å². The van der Waals surface area contributed by atoms with Crippen LogP contribution in [0, 0.1) is 12.3 Å². The van der Waals surface area contributed by atoms with Crippen LogP contribution in [0.4, 0.5) is 0 Å². The van der Waals surface area contributed by atoms with Gasteiger partial charge in [0.15, 0.2) is 0 Å². The highest BCUT2D eigenvalue weighted by molar-refractivity contribution is 5.76. The Kier molecular flexibility index (Phi) is 15.3.